The highest BCUT2D eigenvalue weighted by atomic mass is 15.3. The third kappa shape index (κ3) is 3.89. The van der Waals surface area contributed by atoms with E-state index in [0.29, 0.717) is 5.69 Å². The highest BCUT2D eigenvalue weighted by molar-refractivity contribution is 6.03. The van der Waals surface area contributed by atoms with Crippen LogP contribution in [-0.4, -0.2) is 4.98 Å². The molecule has 0 spiro atoms. The molecule has 4 nitrogen and oxygen atoms in total. The van der Waals surface area contributed by atoms with E-state index >= 15 is 0 Å². The minimum atomic E-state index is 0.431. The van der Waals surface area contributed by atoms with Gasteiger partial charge < -0.3 is 9.80 Å². The number of benzene rings is 5. The second-order valence-electron chi connectivity index (χ2n) is 9.59. The summed E-state index contributed by atoms with van der Waals surface area (Å²) in [6.45, 7) is 0. The molecule has 40 heavy (non-hydrogen) atoms. The molecule has 0 aliphatic carbocycles. The number of nitriles is 1. The number of pyridine rings is 1. The molecule has 0 radical (unpaired) electrons. The lowest BCUT2D eigenvalue weighted by molar-refractivity contribution is 1.17. The van der Waals surface area contributed by atoms with E-state index in [-0.39, 0.29) is 0 Å². The Morgan fingerprint density at radius 3 is 1.52 bits per heavy atom. The minimum absolute atomic E-state index is 0.431. The van der Waals surface area contributed by atoms with Gasteiger partial charge in [0.1, 0.15) is 11.8 Å². The number of para-hydroxylation sites is 6. The molecular weight excluding hydrogens is 488 g/mol. The smallest absolute Gasteiger partial charge is 0.148 e. The molecule has 0 amide bonds. The van der Waals surface area contributed by atoms with E-state index in [0.717, 1.165) is 56.4 Å². The largest absolute Gasteiger partial charge is 0.306 e. The van der Waals surface area contributed by atoms with Gasteiger partial charge in [-0.15, -0.1) is 0 Å². The van der Waals surface area contributed by atoms with Gasteiger partial charge in [-0.3, -0.25) is 0 Å². The maximum atomic E-state index is 9.52. The lowest BCUT2D eigenvalue weighted by atomic mass is 9.97. The van der Waals surface area contributed by atoms with E-state index < -0.39 is 0 Å². The summed E-state index contributed by atoms with van der Waals surface area (Å²) in [5, 5.41) is 9.52. The lowest BCUT2D eigenvalue weighted by Crippen LogP contribution is -2.24. The number of hydrogen-bond donors (Lipinski definition) is 0. The Morgan fingerprint density at radius 1 is 0.450 bits per heavy atom. The van der Waals surface area contributed by atoms with Crippen LogP contribution in [0.1, 0.15) is 5.69 Å². The third-order valence-corrected chi connectivity index (χ3v) is 7.31. The Hall–Kier alpha value is -5.66. The van der Waals surface area contributed by atoms with Crippen LogP contribution in [0.15, 0.2) is 146 Å². The molecule has 188 valence electrons. The number of aromatic nitrogens is 1. The fraction of sp³-hybridized carbons (Fsp3) is 0. The fourth-order valence-electron chi connectivity index (χ4n) is 5.53. The summed E-state index contributed by atoms with van der Waals surface area (Å²) in [5.41, 5.74) is 11.2. The Kier molecular flexibility index (Phi) is 5.81. The highest BCUT2D eigenvalue weighted by Gasteiger charge is 2.31. The zero-order valence-electron chi connectivity index (χ0n) is 21.6. The van der Waals surface area contributed by atoms with Crippen molar-refractivity contribution in [1.82, 2.24) is 4.98 Å². The second-order valence-corrected chi connectivity index (χ2v) is 9.59. The topological polar surface area (TPSA) is 43.2 Å². The molecular formula is C36H24N4. The van der Waals surface area contributed by atoms with Crippen LogP contribution < -0.4 is 9.80 Å². The molecule has 2 heterocycles. The molecule has 0 fully saturated rings. The number of rotatable bonds is 4. The van der Waals surface area contributed by atoms with Crippen LogP contribution >= 0.6 is 0 Å². The van der Waals surface area contributed by atoms with E-state index in [1.807, 2.05) is 12.1 Å². The van der Waals surface area contributed by atoms with Crippen LogP contribution in [0.3, 0.4) is 0 Å². The first-order valence-electron chi connectivity index (χ1n) is 13.2. The average Bonchev–Trinajstić information content (AvgIpc) is 3.04. The van der Waals surface area contributed by atoms with Gasteiger partial charge in [-0.1, -0.05) is 84.9 Å². The van der Waals surface area contributed by atoms with Crippen LogP contribution in [0.5, 0.6) is 0 Å². The van der Waals surface area contributed by atoms with E-state index in [1.54, 1.807) is 6.20 Å². The molecule has 1 aliphatic rings. The molecule has 6 aromatic rings. The Morgan fingerprint density at radius 2 is 0.925 bits per heavy atom. The summed E-state index contributed by atoms with van der Waals surface area (Å²) < 4.78 is 0. The third-order valence-electron chi connectivity index (χ3n) is 7.31. The van der Waals surface area contributed by atoms with E-state index in [4.69, 9.17) is 0 Å². The molecule has 0 N–H and O–H groups in total. The summed E-state index contributed by atoms with van der Waals surface area (Å²) in [5.74, 6) is 0. The molecule has 5 aromatic carbocycles. The second kappa shape index (κ2) is 9.90. The zero-order valence-corrected chi connectivity index (χ0v) is 21.6. The first kappa shape index (κ1) is 23.5. The SMILES string of the molecule is N#Cc1ncccc1-c1ccc(-c2ccccc2N2c3ccccc3N(c3ccccc3)c3ccccc32)cc1. The molecule has 1 aromatic heterocycles. The van der Waals surface area contributed by atoms with Crippen LogP contribution in [0.25, 0.3) is 22.3 Å². The predicted octanol–water partition coefficient (Wildman–Crippen LogP) is 9.54. The standard InChI is InChI=1S/C36H24N4/c37-25-31-29(14-10-24-38-31)26-20-22-27(23-21-26)30-13-4-5-15-32(30)40-35-18-8-6-16-33(35)39(28-11-2-1-3-12-28)34-17-7-9-19-36(34)40/h1-24H. The van der Waals surface area contributed by atoms with Crippen molar-refractivity contribution >= 4 is 34.1 Å². The summed E-state index contributed by atoms with van der Waals surface area (Å²) >= 11 is 0. The lowest BCUT2D eigenvalue weighted by Gasteiger charge is -2.40. The monoisotopic (exact) mass is 512 g/mol. The van der Waals surface area contributed by atoms with Gasteiger partial charge >= 0.3 is 0 Å². The van der Waals surface area contributed by atoms with Gasteiger partial charge in [0, 0.05) is 23.0 Å². The first-order chi connectivity index (χ1) is 19.8. The van der Waals surface area contributed by atoms with Gasteiger partial charge in [-0.25, -0.2) is 4.98 Å². The van der Waals surface area contributed by atoms with Gasteiger partial charge in [0.25, 0.3) is 0 Å². The molecule has 0 atom stereocenters. The molecule has 0 bridgehead atoms. The molecule has 1 aliphatic heterocycles. The van der Waals surface area contributed by atoms with Crippen LogP contribution in [0, 0.1) is 11.3 Å². The quantitative estimate of drug-likeness (QED) is 0.235. The van der Waals surface area contributed by atoms with Gasteiger partial charge in [0.05, 0.1) is 28.4 Å². The number of hydrogen-bond acceptors (Lipinski definition) is 4. The minimum Gasteiger partial charge on any atom is -0.306 e. The Labute approximate surface area is 233 Å². The summed E-state index contributed by atoms with van der Waals surface area (Å²) in [6, 6.07) is 50.6. The van der Waals surface area contributed by atoms with Crippen molar-refractivity contribution in [1.29, 1.82) is 5.26 Å². The molecule has 4 heteroatoms. The molecule has 7 rings (SSSR count). The maximum Gasteiger partial charge on any atom is 0.148 e. The van der Waals surface area contributed by atoms with Crippen molar-refractivity contribution in [3.05, 3.63) is 151 Å². The van der Waals surface area contributed by atoms with Crippen molar-refractivity contribution in [2.24, 2.45) is 0 Å². The van der Waals surface area contributed by atoms with Crippen LogP contribution in [0.2, 0.25) is 0 Å². The van der Waals surface area contributed by atoms with Crippen molar-refractivity contribution in [3.8, 4) is 28.3 Å². The van der Waals surface area contributed by atoms with E-state index in [1.165, 1.54) is 0 Å². The zero-order chi connectivity index (χ0) is 26.9. The summed E-state index contributed by atoms with van der Waals surface area (Å²) in [6.07, 6.45) is 1.65. The van der Waals surface area contributed by atoms with Gasteiger partial charge in [-0.2, -0.15) is 5.26 Å². The van der Waals surface area contributed by atoms with E-state index in [2.05, 4.69) is 148 Å². The Bertz CT molecular complexity index is 1820. The first-order valence-corrected chi connectivity index (χ1v) is 13.2. The fourth-order valence-corrected chi connectivity index (χ4v) is 5.53. The Balaban J connectivity index is 1.38. The van der Waals surface area contributed by atoms with Crippen molar-refractivity contribution in [3.63, 3.8) is 0 Å². The highest BCUT2D eigenvalue weighted by Crippen LogP contribution is 2.55. The molecule has 0 unspecified atom stereocenters. The van der Waals surface area contributed by atoms with Gasteiger partial charge in [0.2, 0.25) is 0 Å². The molecule has 0 saturated carbocycles. The number of anilines is 6. The number of fused-ring (bicyclic) bond motifs is 2. The average molecular weight is 513 g/mol. The summed E-state index contributed by atoms with van der Waals surface area (Å²) in [4.78, 5) is 8.92. The van der Waals surface area contributed by atoms with Crippen molar-refractivity contribution in [2.45, 2.75) is 0 Å². The number of nitrogens with zero attached hydrogens (tertiary/aromatic N) is 4. The normalized spacial score (nSPS) is 11.9. The van der Waals surface area contributed by atoms with Crippen molar-refractivity contribution < 1.29 is 0 Å². The molecule has 0 saturated heterocycles. The summed E-state index contributed by atoms with van der Waals surface area (Å²) in [7, 11) is 0. The van der Waals surface area contributed by atoms with Crippen molar-refractivity contribution in [2.75, 3.05) is 9.80 Å². The predicted molar refractivity (Wildman–Crippen MR) is 163 cm³/mol. The van der Waals surface area contributed by atoms with Gasteiger partial charge in [0.15, 0.2) is 0 Å². The van der Waals surface area contributed by atoms with Crippen LogP contribution in [0.4, 0.5) is 34.1 Å². The maximum absolute atomic E-state index is 9.52. The van der Waals surface area contributed by atoms with Crippen LogP contribution in [-0.2, 0) is 0 Å². The van der Waals surface area contributed by atoms with E-state index in [9.17, 15) is 5.26 Å². The van der Waals surface area contributed by atoms with Gasteiger partial charge in [-0.05, 0) is 65.7 Å².